The Morgan fingerprint density at radius 3 is 2.18 bits per heavy atom. The Kier molecular flexibility index (Phi) is 8.61. The molecule has 172 valence electrons. The maximum atomic E-state index is 14.3. The van der Waals surface area contributed by atoms with Crippen LogP contribution in [0.2, 0.25) is 5.02 Å². The fraction of sp³-hybridized carbons (Fsp3) is 0.259. The van der Waals surface area contributed by atoms with Crippen molar-refractivity contribution in [1.82, 2.24) is 10.2 Å². The Morgan fingerprint density at radius 1 is 0.909 bits per heavy atom. The van der Waals surface area contributed by atoms with E-state index in [4.69, 9.17) is 11.6 Å². The smallest absolute Gasteiger partial charge is 0.243 e. The van der Waals surface area contributed by atoms with Crippen LogP contribution < -0.4 is 5.32 Å². The quantitative estimate of drug-likeness (QED) is 0.472. The molecule has 1 atom stereocenters. The van der Waals surface area contributed by atoms with Crippen LogP contribution in [0.3, 0.4) is 0 Å². The lowest BCUT2D eigenvalue weighted by Gasteiger charge is -2.32. The van der Waals surface area contributed by atoms with Gasteiger partial charge in [0.2, 0.25) is 11.8 Å². The third-order valence-electron chi connectivity index (χ3n) is 5.27. The second kappa shape index (κ2) is 11.6. The van der Waals surface area contributed by atoms with Gasteiger partial charge >= 0.3 is 0 Å². The highest BCUT2D eigenvalue weighted by atomic mass is 35.5. The number of hydrogen-bond donors (Lipinski definition) is 1. The van der Waals surface area contributed by atoms with E-state index in [1.807, 2.05) is 56.3 Å². The molecule has 0 unspecified atom stereocenters. The molecule has 0 aliphatic carbocycles. The number of halogens is 2. The van der Waals surface area contributed by atoms with Crippen molar-refractivity contribution in [3.63, 3.8) is 0 Å². The van der Waals surface area contributed by atoms with Crippen molar-refractivity contribution in [2.24, 2.45) is 0 Å². The molecule has 0 bridgehead atoms. The average molecular weight is 467 g/mol. The van der Waals surface area contributed by atoms with E-state index < -0.39 is 11.9 Å². The fourth-order valence-electron chi connectivity index (χ4n) is 3.63. The summed E-state index contributed by atoms with van der Waals surface area (Å²) in [5.41, 5.74) is 2.06. The molecule has 0 fully saturated rings. The highest BCUT2D eigenvalue weighted by molar-refractivity contribution is 6.30. The molecule has 0 spiro atoms. The van der Waals surface area contributed by atoms with Crippen molar-refractivity contribution >= 4 is 23.4 Å². The van der Waals surface area contributed by atoms with E-state index in [1.54, 1.807) is 35.2 Å². The van der Waals surface area contributed by atoms with Crippen molar-refractivity contribution in [3.05, 3.63) is 106 Å². The first kappa shape index (κ1) is 24.5. The zero-order chi connectivity index (χ0) is 23.8. The lowest BCUT2D eigenvalue weighted by Crippen LogP contribution is -2.52. The Labute approximate surface area is 199 Å². The topological polar surface area (TPSA) is 49.4 Å². The maximum absolute atomic E-state index is 14.3. The molecule has 0 radical (unpaired) electrons. The molecule has 33 heavy (non-hydrogen) atoms. The minimum atomic E-state index is -0.759. The monoisotopic (exact) mass is 466 g/mol. The van der Waals surface area contributed by atoms with Gasteiger partial charge in [0.25, 0.3) is 0 Å². The van der Waals surface area contributed by atoms with Crippen molar-refractivity contribution in [2.75, 3.05) is 0 Å². The summed E-state index contributed by atoms with van der Waals surface area (Å²) in [5.74, 6) is -1.01. The molecule has 3 rings (SSSR count). The van der Waals surface area contributed by atoms with Crippen LogP contribution in [0.1, 0.15) is 30.5 Å². The SMILES string of the molecule is CC(C)NC(=O)[C@@H](Cc1ccccc1)N(Cc1ccc(Cl)cc1)C(=O)Cc1ccccc1F. The molecular formula is C27H28ClFN2O2. The summed E-state index contributed by atoms with van der Waals surface area (Å²) < 4.78 is 14.3. The van der Waals surface area contributed by atoms with Gasteiger partial charge in [0.05, 0.1) is 6.42 Å². The summed E-state index contributed by atoms with van der Waals surface area (Å²) in [6.07, 6.45) is 0.205. The fourth-order valence-corrected chi connectivity index (χ4v) is 3.75. The highest BCUT2D eigenvalue weighted by Crippen LogP contribution is 2.19. The molecule has 0 aliphatic rings. The molecule has 0 saturated heterocycles. The summed E-state index contributed by atoms with van der Waals surface area (Å²) in [4.78, 5) is 28.3. The number of carbonyl (C=O) groups is 2. The molecule has 0 saturated carbocycles. The van der Waals surface area contributed by atoms with E-state index in [0.29, 0.717) is 17.0 Å². The molecule has 3 aromatic rings. The Morgan fingerprint density at radius 2 is 1.55 bits per heavy atom. The third-order valence-corrected chi connectivity index (χ3v) is 5.52. The highest BCUT2D eigenvalue weighted by Gasteiger charge is 2.31. The van der Waals surface area contributed by atoms with Gasteiger partial charge in [-0.3, -0.25) is 9.59 Å². The van der Waals surface area contributed by atoms with Gasteiger partial charge in [0, 0.05) is 24.0 Å². The van der Waals surface area contributed by atoms with Crippen molar-refractivity contribution in [2.45, 2.75) is 45.3 Å². The van der Waals surface area contributed by atoms with Crippen molar-refractivity contribution in [1.29, 1.82) is 0 Å². The lowest BCUT2D eigenvalue weighted by molar-refractivity contribution is -0.141. The average Bonchev–Trinajstić information content (AvgIpc) is 2.79. The van der Waals surface area contributed by atoms with E-state index in [-0.39, 0.29) is 30.8 Å². The predicted molar refractivity (Wildman–Crippen MR) is 129 cm³/mol. The Bertz CT molecular complexity index is 1070. The molecule has 3 aromatic carbocycles. The van der Waals surface area contributed by atoms with Crippen LogP contribution in [0.15, 0.2) is 78.9 Å². The summed E-state index contributed by atoms with van der Waals surface area (Å²) in [7, 11) is 0. The van der Waals surface area contributed by atoms with Crippen LogP contribution >= 0.6 is 11.6 Å². The largest absolute Gasteiger partial charge is 0.352 e. The van der Waals surface area contributed by atoms with Gasteiger partial charge in [-0.2, -0.15) is 0 Å². The van der Waals surface area contributed by atoms with Gasteiger partial charge in [-0.25, -0.2) is 4.39 Å². The number of benzene rings is 3. The zero-order valence-corrected chi connectivity index (χ0v) is 19.6. The van der Waals surface area contributed by atoms with Crippen LogP contribution in [0.4, 0.5) is 4.39 Å². The summed E-state index contributed by atoms with van der Waals surface area (Å²) in [6.45, 7) is 3.96. The molecule has 6 heteroatoms. The number of nitrogens with one attached hydrogen (secondary N) is 1. The first-order valence-corrected chi connectivity index (χ1v) is 11.3. The van der Waals surface area contributed by atoms with Crippen molar-refractivity contribution in [3.8, 4) is 0 Å². The molecule has 0 heterocycles. The number of amides is 2. The van der Waals surface area contributed by atoms with Crippen LogP contribution in [-0.2, 0) is 29.0 Å². The van der Waals surface area contributed by atoms with Gasteiger partial charge in [0.15, 0.2) is 0 Å². The van der Waals surface area contributed by atoms with Gasteiger partial charge in [-0.15, -0.1) is 0 Å². The number of nitrogens with zero attached hydrogens (tertiary/aromatic N) is 1. The minimum absolute atomic E-state index is 0.0881. The minimum Gasteiger partial charge on any atom is -0.352 e. The summed E-state index contributed by atoms with van der Waals surface area (Å²) in [6, 6.07) is 22.1. The first-order valence-electron chi connectivity index (χ1n) is 10.9. The van der Waals surface area contributed by atoms with Gasteiger partial charge < -0.3 is 10.2 Å². The van der Waals surface area contributed by atoms with Crippen LogP contribution in [0, 0.1) is 5.82 Å². The third kappa shape index (κ3) is 7.16. The van der Waals surface area contributed by atoms with Crippen molar-refractivity contribution < 1.29 is 14.0 Å². The number of hydrogen-bond acceptors (Lipinski definition) is 2. The summed E-state index contributed by atoms with van der Waals surface area (Å²) in [5, 5.41) is 3.53. The van der Waals surface area contributed by atoms with Gasteiger partial charge in [-0.1, -0.05) is 72.3 Å². The number of carbonyl (C=O) groups excluding carboxylic acids is 2. The lowest BCUT2D eigenvalue weighted by atomic mass is 10.0. The van der Waals surface area contributed by atoms with Crippen LogP contribution in [-0.4, -0.2) is 28.8 Å². The second-order valence-corrected chi connectivity index (χ2v) is 8.72. The van der Waals surface area contributed by atoms with E-state index in [2.05, 4.69) is 5.32 Å². The Hall–Kier alpha value is -3.18. The second-order valence-electron chi connectivity index (χ2n) is 8.29. The molecule has 2 amide bonds. The molecule has 0 aliphatic heterocycles. The van der Waals surface area contributed by atoms with E-state index >= 15 is 0 Å². The van der Waals surface area contributed by atoms with Crippen LogP contribution in [0.25, 0.3) is 0 Å². The molecular weight excluding hydrogens is 439 g/mol. The Balaban J connectivity index is 1.97. The predicted octanol–water partition coefficient (Wildman–Crippen LogP) is 5.19. The van der Waals surface area contributed by atoms with Gasteiger partial charge in [0.1, 0.15) is 11.9 Å². The summed E-state index contributed by atoms with van der Waals surface area (Å²) >= 11 is 6.03. The molecule has 0 aromatic heterocycles. The van der Waals surface area contributed by atoms with Gasteiger partial charge in [-0.05, 0) is 48.7 Å². The molecule has 1 N–H and O–H groups in total. The number of rotatable bonds is 9. The molecule has 4 nitrogen and oxygen atoms in total. The van der Waals surface area contributed by atoms with E-state index in [1.165, 1.54) is 6.07 Å². The normalized spacial score (nSPS) is 11.8. The van der Waals surface area contributed by atoms with E-state index in [0.717, 1.165) is 11.1 Å². The zero-order valence-electron chi connectivity index (χ0n) is 18.8. The first-order chi connectivity index (χ1) is 15.8. The van der Waals surface area contributed by atoms with E-state index in [9.17, 15) is 14.0 Å². The van der Waals surface area contributed by atoms with Crippen LogP contribution in [0.5, 0.6) is 0 Å². The standard InChI is InChI=1S/C27H28ClFN2O2/c1-19(2)30-27(33)25(16-20-8-4-3-5-9-20)31(18-21-12-14-23(28)15-13-21)26(32)17-22-10-6-7-11-24(22)29/h3-15,19,25H,16-18H2,1-2H3,(H,30,33)/t25-/m1/s1. The maximum Gasteiger partial charge on any atom is 0.243 e.